The van der Waals surface area contributed by atoms with Crippen LogP contribution in [0.4, 0.5) is 0 Å². The van der Waals surface area contributed by atoms with Crippen molar-refractivity contribution in [3.8, 4) is 6.07 Å². The minimum Gasteiger partial charge on any atom is -0.338 e. The lowest BCUT2D eigenvalue weighted by atomic mass is 10.2. The van der Waals surface area contributed by atoms with E-state index in [1.54, 1.807) is 17.0 Å². The molecule has 6 nitrogen and oxygen atoms in total. The van der Waals surface area contributed by atoms with E-state index in [0.717, 1.165) is 12.8 Å². The van der Waals surface area contributed by atoms with Gasteiger partial charge in [-0.15, -0.1) is 0 Å². The van der Waals surface area contributed by atoms with Gasteiger partial charge in [0.2, 0.25) is 15.9 Å². The highest BCUT2D eigenvalue weighted by molar-refractivity contribution is 7.89. The third-order valence-electron chi connectivity index (χ3n) is 3.76. The molecule has 1 heterocycles. The van der Waals surface area contributed by atoms with Crippen molar-refractivity contribution in [3.63, 3.8) is 0 Å². The molecule has 1 aliphatic carbocycles. The van der Waals surface area contributed by atoms with Crippen LogP contribution >= 0.6 is 0 Å². The Kier molecular flexibility index (Phi) is 3.43. The molecule has 1 atom stereocenters. The molecule has 1 aliphatic heterocycles. The molecule has 1 N–H and O–H groups in total. The van der Waals surface area contributed by atoms with Crippen molar-refractivity contribution in [2.24, 2.45) is 0 Å². The van der Waals surface area contributed by atoms with Crippen LogP contribution in [0.1, 0.15) is 24.8 Å². The van der Waals surface area contributed by atoms with Gasteiger partial charge in [0, 0.05) is 25.0 Å². The fraction of sp³-hybridized carbons (Fsp3) is 0.429. The summed E-state index contributed by atoms with van der Waals surface area (Å²) in [7, 11) is -3.79. The number of nitrogens with one attached hydrogen (secondary N) is 1. The highest BCUT2D eigenvalue weighted by atomic mass is 32.2. The van der Waals surface area contributed by atoms with Crippen LogP contribution < -0.4 is 4.72 Å². The summed E-state index contributed by atoms with van der Waals surface area (Å²) < 4.78 is 27.3. The third kappa shape index (κ3) is 2.77. The summed E-state index contributed by atoms with van der Waals surface area (Å²) in [6.07, 6.45) is 2.19. The number of rotatable bonds is 4. The highest BCUT2D eigenvalue weighted by Crippen LogP contribution is 2.31. The van der Waals surface area contributed by atoms with Gasteiger partial charge in [-0.25, -0.2) is 13.1 Å². The number of carbonyl (C=O) groups excluding carboxylic acids is 1. The predicted molar refractivity (Wildman–Crippen MR) is 74.6 cm³/mol. The number of hydrogen-bond donors (Lipinski definition) is 1. The largest absolute Gasteiger partial charge is 0.338 e. The maximum absolute atomic E-state index is 12.4. The summed E-state index contributed by atoms with van der Waals surface area (Å²) in [4.78, 5) is 13.6. The van der Waals surface area contributed by atoms with Crippen molar-refractivity contribution in [1.82, 2.24) is 9.62 Å². The van der Waals surface area contributed by atoms with Crippen molar-refractivity contribution >= 4 is 15.9 Å². The first-order chi connectivity index (χ1) is 10.0. The zero-order valence-corrected chi connectivity index (χ0v) is 12.1. The average molecular weight is 305 g/mol. The molecular weight excluding hydrogens is 290 g/mol. The molecule has 1 saturated carbocycles. The second kappa shape index (κ2) is 5.13. The van der Waals surface area contributed by atoms with Crippen LogP contribution in [-0.4, -0.2) is 37.9 Å². The fourth-order valence-electron chi connectivity index (χ4n) is 2.63. The Hall–Kier alpha value is -1.91. The first kappa shape index (κ1) is 14.0. The molecular formula is C14H15N3O3S. The normalized spacial score (nSPS) is 22.3. The number of hydrogen-bond acceptors (Lipinski definition) is 4. The molecule has 0 bridgehead atoms. The average Bonchev–Trinajstić information content (AvgIpc) is 3.23. The molecule has 0 spiro atoms. The maximum atomic E-state index is 12.4. The number of carbonyl (C=O) groups is 1. The zero-order chi connectivity index (χ0) is 15.0. The van der Waals surface area contributed by atoms with E-state index in [-0.39, 0.29) is 22.8 Å². The number of amides is 1. The monoisotopic (exact) mass is 305 g/mol. The summed E-state index contributed by atoms with van der Waals surface area (Å²) in [6.45, 7) is 0.414. The lowest BCUT2D eigenvalue weighted by molar-refractivity contribution is -0.128. The van der Waals surface area contributed by atoms with Crippen molar-refractivity contribution < 1.29 is 13.2 Å². The zero-order valence-electron chi connectivity index (χ0n) is 11.3. The van der Waals surface area contributed by atoms with Gasteiger partial charge in [-0.2, -0.15) is 5.26 Å². The molecule has 21 heavy (non-hydrogen) atoms. The van der Waals surface area contributed by atoms with Gasteiger partial charge in [-0.1, -0.05) is 12.1 Å². The Morgan fingerprint density at radius 3 is 2.67 bits per heavy atom. The van der Waals surface area contributed by atoms with Crippen LogP contribution in [0.15, 0.2) is 29.2 Å². The van der Waals surface area contributed by atoms with Crippen LogP contribution in [0.2, 0.25) is 0 Å². The first-order valence-corrected chi connectivity index (χ1v) is 8.30. The SMILES string of the molecule is N#Cc1ccccc1S(=O)(=O)NC1CC(=O)N(C2CC2)C1. The summed E-state index contributed by atoms with van der Waals surface area (Å²) >= 11 is 0. The number of benzene rings is 1. The van der Waals surface area contributed by atoms with E-state index < -0.39 is 16.1 Å². The molecule has 110 valence electrons. The van der Waals surface area contributed by atoms with Gasteiger partial charge in [0.15, 0.2) is 0 Å². The standard InChI is InChI=1S/C14H15N3O3S/c15-8-10-3-1-2-4-13(10)21(19,20)16-11-7-14(18)17(9-11)12-5-6-12/h1-4,11-12,16H,5-7,9H2. The second-order valence-corrected chi connectivity index (χ2v) is 7.09. The van der Waals surface area contributed by atoms with E-state index in [1.807, 2.05) is 6.07 Å². The predicted octanol–water partition coefficient (Wildman–Crippen LogP) is 0.600. The molecule has 7 heteroatoms. The summed E-state index contributed by atoms with van der Waals surface area (Å²) in [5.74, 6) is -0.00114. The third-order valence-corrected chi connectivity index (χ3v) is 5.34. The molecule has 1 aromatic rings. The van der Waals surface area contributed by atoms with E-state index in [2.05, 4.69) is 4.72 Å². The Balaban J connectivity index is 1.78. The van der Waals surface area contributed by atoms with E-state index in [9.17, 15) is 13.2 Å². The molecule has 1 saturated heterocycles. The minimum absolute atomic E-state index is 0.00114. The summed E-state index contributed by atoms with van der Waals surface area (Å²) in [5.41, 5.74) is 0.105. The molecule has 1 unspecified atom stereocenters. The number of nitrogens with zero attached hydrogens (tertiary/aromatic N) is 2. The second-order valence-electron chi connectivity index (χ2n) is 5.41. The Bertz CT molecular complexity index is 719. The summed E-state index contributed by atoms with van der Waals surface area (Å²) in [6, 6.07) is 7.80. The van der Waals surface area contributed by atoms with E-state index in [1.165, 1.54) is 12.1 Å². The van der Waals surface area contributed by atoms with Gasteiger partial charge in [-0.05, 0) is 25.0 Å². The van der Waals surface area contributed by atoms with Gasteiger partial charge in [0.05, 0.1) is 10.5 Å². The van der Waals surface area contributed by atoms with Gasteiger partial charge in [-0.3, -0.25) is 4.79 Å². The Labute approximate surface area is 123 Å². The van der Waals surface area contributed by atoms with Crippen LogP contribution in [0.25, 0.3) is 0 Å². The molecule has 2 aliphatic rings. The van der Waals surface area contributed by atoms with Gasteiger partial charge in [0.25, 0.3) is 0 Å². The van der Waals surface area contributed by atoms with Crippen LogP contribution in [0.3, 0.4) is 0 Å². The topological polar surface area (TPSA) is 90.3 Å². The van der Waals surface area contributed by atoms with E-state index in [0.29, 0.717) is 12.6 Å². The van der Waals surface area contributed by atoms with Crippen molar-refractivity contribution in [2.75, 3.05) is 6.54 Å². The molecule has 1 amide bonds. The molecule has 0 aromatic heterocycles. The lowest BCUT2D eigenvalue weighted by Gasteiger charge is -2.16. The van der Waals surface area contributed by atoms with Crippen molar-refractivity contribution in [2.45, 2.75) is 36.2 Å². The van der Waals surface area contributed by atoms with Gasteiger partial charge in [0.1, 0.15) is 6.07 Å². The van der Waals surface area contributed by atoms with E-state index in [4.69, 9.17) is 5.26 Å². The molecule has 0 radical (unpaired) electrons. The molecule has 1 aromatic carbocycles. The number of nitriles is 1. The van der Waals surface area contributed by atoms with Crippen molar-refractivity contribution in [3.05, 3.63) is 29.8 Å². The summed E-state index contributed by atoms with van der Waals surface area (Å²) in [5, 5.41) is 9.00. The molecule has 2 fully saturated rings. The smallest absolute Gasteiger partial charge is 0.242 e. The van der Waals surface area contributed by atoms with E-state index >= 15 is 0 Å². The number of sulfonamides is 1. The van der Waals surface area contributed by atoms with Crippen LogP contribution in [0, 0.1) is 11.3 Å². The van der Waals surface area contributed by atoms with Gasteiger partial charge < -0.3 is 4.90 Å². The van der Waals surface area contributed by atoms with Crippen LogP contribution in [0.5, 0.6) is 0 Å². The lowest BCUT2D eigenvalue weighted by Crippen LogP contribution is -2.37. The fourth-order valence-corrected chi connectivity index (χ4v) is 4.01. The van der Waals surface area contributed by atoms with Crippen LogP contribution in [-0.2, 0) is 14.8 Å². The Morgan fingerprint density at radius 1 is 1.29 bits per heavy atom. The van der Waals surface area contributed by atoms with Gasteiger partial charge >= 0.3 is 0 Å². The first-order valence-electron chi connectivity index (χ1n) is 6.82. The Morgan fingerprint density at radius 2 is 2.00 bits per heavy atom. The minimum atomic E-state index is -3.79. The highest BCUT2D eigenvalue weighted by Gasteiger charge is 2.40. The maximum Gasteiger partial charge on any atom is 0.242 e. The molecule has 3 rings (SSSR count). The quantitative estimate of drug-likeness (QED) is 0.882. The van der Waals surface area contributed by atoms with Crippen molar-refractivity contribution in [1.29, 1.82) is 5.26 Å². The number of likely N-dealkylation sites (tertiary alicyclic amines) is 1.